The van der Waals surface area contributed by atoms with Gasteiger partial charge in [0.2, 0.25) is 0 Å². The van der Waals surface area contributed by atoms with Crippen molar-refractivity contribution in [3.8, 4) is 11.5 Å². The summed E-state index contributed by atoms with van der Waals surface area (Å²) in [6, 6.07) is 13.3. The van der Waals surface area contributed by atoms with Crippen LogP contribution in [-0.2, 0) is 15.1 Å². The minimum Gasteiger partial charge on any atom is -0.497 e. The molecule has 25 heavy (non-hydrogen) atoms. The van der Waals surface area contributed by atoms with Gasteiger partial charge in [-0.3, -0.25) is 4.79 Å². The summed E-state index contributed by atoms with van der Waals surface area (Å²) >= 11 is 0. The average Bonchev–Trinajstić information content (AvgIpc) is 2.65. The quantitative estimate of drug-likeness (QED) is 0.798. The number of benzene rings is 2. The maximum atomic E-state index is 14.0. The van der Waals surface area contributed by atoms with Gasteiger partial charge in [-0.15, -0.1) is 0 Å². The van der Waals surface area contributed by atoms with E-state index in [1.807, 2.05) is 0 Å². The molecule has 1 unspecified atom stereocenters. The van der Waals surface area contributed by atoms with E-state index in [9.17, 15) is 9.18 Å². The van der Waals surface area contributed by atoms with Gasteiger partial charge in [-0.1, -0.05) is 24.3 Å². The van der Waals surface area contributed by atoms with E-state index in [0.29, 0.717) is 17.1 Å². The summed E-state index contributed by atoms with van der Waals surface area (Å²) in [6.45, 7) is 1.67. The van der Waals surface area contributed by atoms with Crippen LogP contribution < -0.4 is 14.8 Å². The van der Waals surface area contributed by atoms with E-state index < -0.39 is 5.60 Å². The molecule has 5 nitrogen and oxygen atoms in total. The summed E-state index contributed by atoms with van der Waals surface area (Å²) in [6.07, 6.45) is 0. The molecule has 6 heteroatoms. The van der Waals surface area contributed by atoms with Gasteiger partial charge in [0.05, 0.1) is 13.7 Å². The van der Waals surface area contributed by atoms with Crippen LogP contribution in [0.5, 0.6) is 11.5 Å². The Morgan fingerprint density at radius 1 is 1.12 bits per heavy atom. The predicted molar refractivity (Wildman–Crippen MR) is 92.3 cm³/mol. The number of ether oxygens (including phenoxy) is 3. The first-order valence-corrected chi connectivity index (χ1v) is 7.82. The van der Waals surface area contributed by atoms with Crippen molar-refractivity contribution in [2.75, 3.05) is 27.4 Å². The van der Waals surface area contributed by atoms with Crippen LogP contribution in [0.4, 0.5) is 4.39 Å². The molecular weight excluding hydrogens is 325 g/mol. The largest absolute Gasteiger partial charge is 0.497 e. The molecule has 0 heterocycles. The van der Waals surface area contributed by atoms with Crippen LogP contribution in [0.2, 0.25) is 0 Å². The number of carbonyl (C=O) groups excluding carboxylic acids is 1. The molecule has 2 aromatic rings. The zero-order valence-electron chi connectivity index (χ0n) is 14.5. The van der Waals surface area contributed by atoms with E-state index in [1.54, 1.807) is 56.5 Å². The molecule has 0 fully saturated rings. The lowest BCUT2D eigenvalue weighted by atomic mass is 9.95. The Hall–Kier alpha value is -2.60. The molecule has 2 aromatic carbocycles. The normalized spacial score (nSPS) is 13.0. The Morgan fingerprint density at radius 2 is 1.84 bits per heavy atom. The summed E-state index contributed by atoms with van der Waals surface area (Å²) in [4.78, 5) is 12.0. The number of rotatable bonds is 8. The zero-order chi connectivity index (χ0) is 18.3. The van der Waals surface area contributed by atoms with Crippen molar-refractivity contribution in [2.45, 2.75) is 12.5 Å². The molecule has 0 aliphatic carbocycles. The average molecular weight is 347 g/mol. The Bertz CT molecular complexity index is 722. The molecule has 0 bridgehead atoms. The van der Waals surface area contributed by atoms with Gasteiger partial charge in [-0.05, 0) is 25.1 Å². The van der Waals surface area contributed by atoms with Crippen LogP contribution >= 0.6 is 0 Å². The van der Waals surface area contributed by atoms with Gasteiger partial charge in [0.15, 0.2) is 6.61 Å². The van der Waals surface area contributed by atoms with Crippen LogP contribution in [0, 0.1) is 5.82 Å². The van der Waals surface area contributed by atoms with Crippen molar-refractivity contribution in [1.82, 2.24) is 5.32 Å². The minimum absolute atomic E-state index is 0.116. The van der Waals surface area contributed by atoms with E-state index in [4.69, 9.17) is 14.2 Å². The first-order chi connectivity index (χ1) is 12.0. The third-order valence-electron chi connectivity index (χ3n) is 3.93. The van der Waals surface area contributed by atoms with E-state index in [2.05, 4.69) is 5.32 Å². The van der Waals surface area contributed by atoms with Gasteiger partial charge in [0, 0.05) is 18.7 Å². The number of halogens is 1. The van der Waals surface area contributed by atoms with Crippen molar-refractivity contribution < 1.29 is 23.4 Å². The summed E-state index contributed by atoms with van der Waals surface area (Å²) in [5.74, 6) is 0.457. The van der Waals surface area contributed by atoms with Crippen LogP contribution in [0.1, 0.15) is 12.5 Å². The highest BCUT2D eigenvalue weighted by Gasteiger charge is 2.29. The number of amides is 1. The van der Waals surface area contributed by atoms with Crippen molar-refractivity contribution in [1.29, 1.82) is 0 Å². The number of carbonyl (C=O) groups is 1. The second-order valence-electron chi connectivity index (χ2n) is 5.66. The monoisotopic (exact) mass is 347 g/mol. The van der Waals surface area contributed by atoms with Crippen molar-refractivity contribution >= 4 is 5.91 Å². The molecule has 0 spiro atoms. The Balaban J connectivity index is 1.92. The lowest BCUT2D eigenvalue weighted by Gasteiger charge is -2.29. The second kappa shape index (κ2) is 8.48. The first-order valence-electron chi connectivity index (χ1n) is 7.82. The topological polar surface area (TPSA) is 56.8 Å². The molecule has 0 saturated carbocycles. The Kier molecular flexibility index (Phi) is 6.36. The molecular formula is C19H22FNO4. The highest BCUT2D eigenvalue weighted by molar-refractivity contribution is 5.77. The molecule has 134 valence electrons. The SMILES string of the molecule is COc1cccc(OCC(=O)NCC(C)(OC)c2ccccc2F)c1. The smallest absolute Gasteiger partial charge is 0.258 e. The van der Waals surface area contributed by atoms with Gasteiger partial charge >= 0.3 is 0 Å². The van der Waals surface area contributed by atoms with Crippen LogP contribution in [-0.4, -0.2) is 33.3 Å². The highest BCUT2D eigenvalue weighted by Crippen LogP contribution is 2.26. The Labute approximate surface area is 146 Å². The minimum atomic E-state index is -0.975. The van der Waals surface area contributed by atoms with Gasteiger partial charge in [-0.2, -0.15) is 0 Å². The molecule has 0 radical (unpaired) electrons. The standard InChI is InChI=1S/C19H22FNO4/c1-19(24-3,16-9-4-5-10-17(16)20)13-21-18(22)12-25-15-8-6-7-14(11-15)23-2/h4-11H,12-13H2,1-3H3,(H,21,22). The number of nitrogens with one attached hydrogen (secondary N) is 1. The fraction of sp³-hybridized carbons (Fsp3) is 0.316. The molecule has 0 aromatic heterocycles. The van der Waals surface area contributed by atoms with Gasteiger partial charge in [-0.25, -0.2) is 4.39 Å². The van der Waals surface area contributed by atoms with Crippen molar-refractivity contribution in [3.63, 3.8) is 0 Å². The van der Waals surface area contributed by atoms with Gasteiger partial charge < -0.3 is 19.5 Å². The molecule has 1 atom stereocenters. The molecule has 0 aliphatic heterocycles. The first kappa shape index (κ1) is 18.7. The fourth-order valence-corrected chi connectivity index (χ4v) is 2.33. The van der Waals surface area contributed by atoms with Crippen molar-refractivity contribution in [3.05, 3.63) is 59.9 Å². The molecule has 1 N–H and O–H groups in total. The predicted octanol–water partition coefficient (Wildman–Crippen LogP) is 2.89. The molecule has 0 aliphatic rings. The summed E-state index contributed by atoms with van der Waals surface area (Å²) in [5, 5.41) is 2.71. The number of hydrogen-bond donors (Lipinski definition) is 1. The Morgan fingerprint density at radius 3 is 2.52 bits per heavy atom. The third kappa shape index (κ3) is 4.93. The van der Waals surface area contributed by atoms with Crippen LogP contribution in [0.3, 0.4) is 0 Å². The van der Waals surface area contributed by atoms with Crippen molar-refractivity contribution in [2.24, 2.45) is 0 Å². The fourth-order valence-electron chi connectivity index (χ4n) is 2.33. The lowest BCUT2D eigenvalue weighted by Crippen LogP contribution is -2.42. The highest BCUT2D eigenvalue weighted by atomic mass is 19.1. The summed E-state index contributed by atoms with van der Waals surface area (Å²) in [7, 11) is 3.03. The lowest BCUT2D eigenvalue weighted by molar-refractivity contribution is -0.124. The van der Waals surface area contributed by atoms with Gasteiger partial charge in [0.25, 0.3) is 5.91 Å². The number of methoxy groups -OCH3 is 2. The van der Waals surface area contributed by atoms with Crippen LogP contribution in [0.25, 0.3) is 0 Å². The molecule has 1 amide bonds. The van der Waals surface area contributed by atoms with Crippen LogP contribution in [0.15, 0.2) is 48.5 Å². The molecule has 0 saturated heterocycles. The van der Waals surface area contributed by atoms with Gasteiger partial charge in [0.1, 0.15) is 22.9 Å². The van der Waals surface area contributed by atoms with E-state index >= 15 is 0 Å². The van der Waals surface area contributed by atoms with E-state index in [1.165, 1.54) is 13.2 Å². The second-order valence-corrected chi connectivity index (χ2v) is 5.66. The number of hydrogen-bond acceptors (Lipinski definition) is 4. The maximum Gasteiger partial charge on any atom is 0.258 e. The maximum absolute atomic E-state index is 14.0. The molecule has 2 rings (SSSR count). The summed E-state index contributed by atoms with van der Waals surface area (Å²) < 4.78 is 30.0. The third-order valence-corrected chi connectivity index (χ3v) is 3.93. The summed E-state index contributed by atoms with van der Waals surface area (Å²) in [5.41, 5.74) is -0.594. The zero-order valence-corrected chi connectivity index (χ0v) is 14.5. The van der Waals surface area contributed by atoms with E-state index in [-0.39, 0.29) is 24.9 Å². The van der Waals surface area contributed by atoms with E-state index in [0.717, 1.165) is 0 Å².